The summed E-state index contributed by atoms with van der Waals surface area (Å²) in [4.78, 5) is 11.6. The van der Waals surface area contributed by atoms with Gasteiger partial charge in [0.1, 0.15) is 0 Å². The highest BCUT2D eigenvalue weighted by Gasteiger charge is 2.15. The number of carbonyl (C=O) groups excluding carboxylic acids is 1. The van der Waals surface area contributed by atoms with Crippen LogP contribution in [0.1, 0.15) is 36.2 Å². The lowest BCUT2D eigenvalue weighted by Gasteiger charge is -2.12. The number of carbonyl (C=O) groups is 1. The molecule has 0 fully saturated rings. The Kier molecular flexibility index (Phi) is 4.31. The van der Waals surface area contributed by atoms with Crippen molar-refractivity contribution in [3.8, 4) is 0 Å². The van der Waals surface area contributed by atoms with Crippen LogP contribution in [-0.2, 0) is 11.2 Å². The number of anilines is 1. The SMILES string of the molecule is CCc1cccc(C(=O)OC(O)CC)c1N. The van der Waals surface area contributed by atoms with E-state index in [1.54, 1.807) is 19.1 Å². The maximum absolute atomic E-state index is 11.6. The predicted molar refractivity (Wildman–Crippen MR) is 61.9 cm³/mol. The summed E-state index contributed by atoms with van der Waals surface area (Å²) in [6.07, 6.45) is 0.0414. The van der Waals surface area contributed by atoms with Gasteiger partial charge in [0.2, 0.25) is 6.29 Å². The number of nitrogen functional groups attached to an aromatic ring is 1. The summed E-state index contributed by atoms with van der Waals surface area (Å²) in [5.41, 5.74) is 7.47. The first-order chi connectivity index (χ1) is 7.60. The zero-order valence-electron chi connectivity index (χ0n) is 9.56. The van der Waals surface area contributed by atoms with Crippen molar-refractivity contribution < 1.29 is 14.6 Å². The van der Waals surface area contributed by atoms with Crippen molar-refractivity contribution in [2.45, 2.75) is 33.0 Å². The molecule has 0 bridgehead atoms. The molecule has 3 N–H and O–H groups in total. The summed E-state index contributed by atoms with van der Waals surface area (Å²) in [7, 11) is 0. The quantitative estimate of drug-likeness (QED) is 0.463. The fraction of sp³-hybridized carbons (Fsp3) is 0.417. The molecule has 16 heavy (non-hydrogen) atoms. The highest BCUT2D eigenvalue weighted by atomic mass is 16.6. The van der Waals surface area contributed by atoms with E-state index in [2.05, 4.69) is 0 Å². The molecule has 4 heteroatoms. The van der Waals surface area contributed by atoms with E-state index in [9.17, 15) is 9.90 Å². The molecule has 0 saturated heterocycles. The lowest BCUT2D eigenvalue weighted by Crippen LogP contribution is -2.18. The number of nitrogens with two attached hydrogens (primary N) is 1. The van der Waals surface area contributed by atoms with Crippen molar-refractivity contribution in [1.82, 2.24) is 0 Å². The average Bonchev–Trinajstić information content (AvgIpc) is 2.29. The number of rotatable bonds is 4. The number of aliphatic hydroxyl groups is 1. The summed E-state index contributed by atoms with van der Waals surface area (Å²) < 4.78 is 4.80. The van der Waals surface area contributed by atoms with E-state index < -0.39 is 12.3 Å². The maximum Gasteiger partial charge on any atom is 0.342 e. The lowest BCUT2D eigenvalue weighted by atomic mass is 10.1. The van der Waals surface area contributed by atoms with E-state index in [4.69, 9.17) is 10.5 Å². The van der Waals surface area contributed by atoms with Crippen LogP contribution >= 0.6 is 0 Å². The maximum atomic E-state index is 11.6. The van der Waals surface area contributed by atoms with Crippen molar-refractivity contribution in [3.05, 3.63) is 29.3 Å². The van der Waals surface area contributed by atoms with Crippen LogP contribution < -0.4 is 5.73 Å². The number of aliphatic hydroxyl groups excluding tert-OH is 1. The molecule has 88 valence electrons. The molecular weight excluding hydrogens is 206 g/mol. The van der Waals surface area contributed by atoms with Crippen LogP contribution in [0.3, 0.4) is 0 Å². The molecular formula is C12H17NO3. The van der Waals surface area contributed by atoms with Crippen molar-refractivity contribution in [2.75, 3.05) is 5.73 Å². The Labute approximate surface area is 95.0 Å². The summed E-state index contributed by atoms with van der Waals surface area (Å²) in [5, 5.41) is 9.22. The summed E-state index contributed by atoms with van der Waals surface area (Å²) in [5.74, 6) is -0.581. The number of hydrogen-bond donors (Lipinski definition) is 2. The number of benzene rings is 1. The largest absolute Gasteiger partial charge is 0.432 e. The first kappa shape index (κ1) is 12.5. The summed E-state index contributed by atoms with van der Waals surface area (Å²) in [6.45, 7) is 3.69. The minimum Gasteiger partial charge on any atom is -0.432 e. The number of aryl methyl sites for hydroxylation is 1. The molecule has 1 rings (SSSR count). The fourth-order valence-electron chi connectivity index (χ4n) is 1.37. The van der Waals surface area contributed by atoms with E-state index in [-0.39, 0.29) is 0 Å². The zero-order chi connectivity index (χ0) is 12.1. The van der Waals surface area contributed by atoms with Crippen LogP contribution in [0.5, 0.6) is 0 Å². The molecule has 1 atom stereocenters. The van der Waals surface area contributed by atoms with Gasteiger partial charge in [0.15, 0.2) is 0 Å². The van der Waals surface area contributed by atoms with E-state index in [1.807, 2.05) is 13.0 Å². The molecule has 1 unspecified atom stereocenters. The van der Waals surface area contributed by atoms with Crippen molar-refractivity contribution in [2.24, 2.45) is 0 Å². The third-order valence-corrected chi connectivity index (χ3v) is 2.39. The van der Waals surface area contributed by atoms with Crippen molar-refractivity contribution in [3.63, 3.8) is 0 Å². The highest BCUT2D eigenvalue weighted by Crippen LogP contribution is 2.19. The van der Waals surface area contributed by atoms with Crippen LogP contribution in [-0.4, -0.2) is 17.4 Å². The van der Waals surface area contributed by atoms with Crippen molar-refractivity contribution in [1.29, 1.82) is 0 Å². The van der Waals surface area contributed by atoms with Gasteiger partial charge in [-0.1, -0.05) is 26.0 Å². The molecule has 0 heterocycles. The van der Waals surface area contributed by atoms with Gasteiger partial charge in [0.05, 0.1) is 5.56 Å². The van der Waals surface area contributed by atoms with E-state index in [0.29, 0.717) is 17.7 Å². The Morgan fingerprint density at radius 1 is 1.50 bits per heavy atom. The summed E-state index contributed by atoms with van der Waals surface area (Å²) >= 11 is 0. The van der Waals surface area contributed by atoms with Gasteiger partial charge in [-0.2, -0.15) is 0 Å². The fourth-order valence-corrected chi connectivity index (χ4v) is 1.37. The summed E-state index contributed by atoms with van der Waals surface area (Å²) in [6, 6.07) is 5.21. The highest BCUT2D eigenvalue weighted by molar-refractivity contribution is 5.95. The third kappa shape index (κ3) is 2.73. The first-order valence-electron chi connectivity index (χ1n) is 5.36. The number of hydrogen-bond acceptors (Lipinski definition) is 4. The molecule has 1 aromatic carbocycles. The zero-order valence-corrected chi connectivity index (χ0v) is 9.56. The molecule has 4 nitrogen and oxygen atoms in total. The number of esters is 1. The molecule has 0 spiro atoms. The Bertz CT molecular complexity index is 377. The first-order valence-corrected chi connectivity index (χ1v) is 5.36. The second-order valence-corrected chi connectivity index (χ2v) is 3.50. The van der Waals surface area contributed by atoms with Gasteiger partial charge in [-0.25, -0.2) is 4.79 Å². The standard InChI is InChI=1S/C12H17NO3/c1-3-8-6-5-7-9(11(8)13)12(15)16-10(14)4-2/h5-7,10,14H,3-4,13H2,1-2H3. The van der Waals surface area contributed by atoms with Gasteiger partial charge in [0, 0.05) is 12.1 Å². The topological polar surface area (TPSA) is 72.5 Å². The average molecular weight is 223 g/mol. The number of ether oxygens (including phenoxy) is 1. The van der Waals surface area contributed by atoms with Crippen LogP contribution in [0.2, 0.25) is 0 Å². The van der Waals surface area contributed by atoms with E-state index in [0.717, 1.165) is 12.0 Å². The van der Waals surface area contributed by atoms with Gasteiger partial charge >= 0.3 is 5.97 Å². The van der Waals surface area contributed by atoms with Gasteiger partial charge in [-0.15, -0.1) is 0 Å². The minimum atomic E-state index is -1.07. The molecule has 0 radical (unpaired) electrons. The Morgan fingerprint density at radius 3 is 2.75 bits per heavy atom. The minimum absolute atomic E-state index is 0.312. The molecule has 0 aliphatic heterocycles. The molecule has 0 saturated carbocycles. The van der Waals surface area contributed by atoms with Gasteiger partial charge in [0.25, 0.3) is 0 Å². The molecule has 0 aromatic heterocycles. The smallest absolute Gasteiger partial charge is 0.342 e. The third-order valence-electron chi connectivity index (χ3n) is 2.39. The Hall–Kier alpha value is -1.55. The molecule has 0 aliphatic rings. The Balaban J connectivity index is 2.91. The molecule has 0 aliphatic carbocycles. The second kappa shape index (κ2) is 5.51. The van der Waals surface area contributed by atoms with E-state index in [1.165, 1.54) is 0 Å². The van der Waals surface area contributed by atoms with Gasteiger partial charge in [-0.05, 0) is 18.1 Å². The van der Waals surface area contributed by atoms with Gasteiger partial charge < -0.3 is 15.6 Å². The van der Waals surface area contributed by atoms with Crippen LogP contribution in [0.15, 0.2) is 18.2 Å². The predicted octanol–water partition coefficient (Wildman–Crippen LogP) is 1.72. The monoisotopic (exact) mass is 223 g/mol. The molecule has 1 aromatic rings. The Morgan fingerprint density at radius 2 is 2.19 bits per heavy atom. The second-order valence-electron chi connectivity index (χ2n) is 3.50. The molecule has 0 amide bonds. The van der Waals surface area contributed by atoms with Crippen LogP contribution in [0.25, 0.3) is 0 Å². The van der Waals surface area contributed by atoms with Crippen molar-refractivity contribution >= 4 is 11.7 Å². The van der Waals surface area contributed by atoms with Crippen LogP contribution in [0, 0.1) is 0 Å². The normalized spacial score (nSPS) is 12.2. The van der Waals surface area contributed by atoms with E-state index >= 15 is 0 Å². The number of para-hydroxylation sites is 1. The van der Waals surface area contributed by atoms with Gasteiger partial charge in [-0.3, -0.25) is 0 Å². The lowest BCUT2D eigenvalue weighted by molar-refractivity contribution is -0.0655. The van der Waals surface area contributed by atoms with Crippen LogP contribution in [0.4, 0.5) is 5.69 Å².